The molecule has 0 aromatic carbocycles. The SMILES string of the molecule is COCCN(CC(F)F)C(=O)NCc1cccnc1. The largest absolute Gasteiger partial charge is 0.383 e. The van der Waals surface area contributed by atoms with Gasteiger partial charge in [-0.15, -0.1) is 0 Å². The van der Waals surface area contributed by atoms with E-state index in [-0.39, 0.29) is 19.7 Å². The number of methoxy groups -OCH3 is 1. The summed E-state index contributed by atoms with van der Waals surface area (Å²) in [4.78, 5) is 16.7. The molecular weight excluding hydrogens is 256 g/mol. The van der Waals surface area contributed by atoms with Gasteiger partial charge in [0.05, 0.1) is 13.2 Å². The summed E-state index contributed by atoms with van der Waals surface area (Å²) in [5.41, 5.74) is 0.805. The highest BCUT2D eigenvalue weighted by Crippen LogP contribution is 2.00. The fourth-order valence-electron chi connectivity index (χ4n) is 1.44. The molecule has 7 heteroatoms. The summed E-state index contributed by atoms with van der Waals surface area (Å²) in [6.45, 7) is -0.0195. The van der Waals surface area contributed by atoms with Gasteiger partial charge >= 0.3 is 6.03 Å². The number of pyridine rings is 1. The molecule has 19 heavy (non-hydrogen) atoms. The van der Waals surface area contributed by atoms with E-state index in [1.165, 1.54) is 7.11 Å². The maximum absolute atomic E-state index is 12.4. The number of hydrogen-bond acceptors (Lipinski definition) is 3. The van der Waals surface area contributed by atoms with Crippen molar-refractivity contribution in [3.63, 3.8) is 0 Å². The Labute approximate surface area is 110 Å². The van der Waals surface area contributed by atoms with Gasteiger partial charge in [0.15, 0.2) is 0 Å². The maximum Gasteiger partial charge on any atom is 0.317 e. The van der Waals surface area contributed by atoms with Gasteiger partial charge in [0.25, 0.3) is 6.43 Å². The zero-order valence-electron chi connectivity index (χ0n) is 10.7. The third kappa shape index (κ3) is 6.10. The van der Waals surface area contributed by atoms with E-state index in [2.05, 4.69) is 10.3 Å². The number of carbonyl (C=O) groups excluding carboxylic acids is 1. The normalized spacial score (nSPS) is 10.5. The van der Waals surface area contributed by atoms with Crippen LogP contribution in [0.4, 0.5) is 13.6 Å². The Morgan fingerprint density at radius 1 is 1.58 bits per heavy atom. The minimum Gasteiger partial charge on any atom is -0.383 e. The van der Waals surface area contributed by atoms with Gasteiger partial charge in [0.1, 0.15) is 0 Å². The van der Waals surface area contributed by atoms with Crippen LogP contribution in [0.2, 0.25) is 0 Å². The molecule has 1 aromatic rings. The highest BCUT2D eigenvalue weighted by molar-refractivity contribution is 5.74. The van der Waals surface area contributed by atoms with Crippen LogP contribution in [0.5, 0.6) is 0 Å². The second-order valence-electron chi connectivity index (χ2n) is 3.85. The van der Waals surface area contributed by atoms with Crippen LogP contribution in [-0.2, 0) is 11.3 Å². The van der Waals surface area contributed by atoms with E-state index < -0.39 is 19.0 Å². The monoisotopic (exact) mass is 273 g/mol. The van der Waals surface area contributed by atoms with E-state index >= 15 is 0 Å². The second-order valence-corrected chi connectivity index (χ2v) is 3.85. The Morgan fingerprint density at radius 2 is 2.37 bits per heavy atom. The lowest BCUT2D eigenvalue weighted by molar-refractivity contribution is 0.0834. The summed E-state index contributed by atoms with van der Waals surface area (Å²) in [6, 6.07) is 2.99. The van der Waals surface area contributed by atoms with E-state index in [4.69, 9.17) is 4.74 Å². The quantitative estimate of drug-likeness (QED) is 0.819. The molecule has 0 aliphatic rings. The molecule has 1 aromatic heterocycles. The molecule has 0 unspecified atom stereocenters. The lowest BCUT2D eigenvalue weighted by Gasteiger charge is -2.22. The maximum atomic E-state index is 12.4. The molecule has 0 saturated carbocycles. The first kappa shape index (κ1) is 15.3. The summed E-state index contributed by atoms with van der Waals surface area (Å²) < 4.78 is 29.5. The Morgan fingerprint density at radius 3 is 2.95 bits per heavy atom. The fraction of sp³-hybridized carbons (Fsp3) is 0.500. The van der Waals surface area contributed by atoms with Crippen molar-refractivity contribution in [3.8, 4) is 0 Å². The van der Waals surface area contributed by atoms with E-state index in [1.807, 2.05) is 0 Å². The van der Waals surface area contributed by atoms with Crippen LogP contribution in [0.25, 0.3) is 0 Å². The minimum atomic E-state index is -2.57. The number of aromatic nitrogens is 1. The number of nitrogens with one attached hydrogen (secondary N) is 1. The average molecular weight is 273 g/mol. The van der Waals surface area contributed by atoms with Gasteiger partial charge in [-0.1, -0.05) is 6.07 Å². The van der Waals surface area contributed by atoms with Crippen LogP contribution < -0.4 is 5.32 Å². The van der Waals surface area contributed by atoms with Crippen molar-refractivity contribution in [3.05, 3.63) is 30.1 Å². The first-order valence-corrected chi connectivity index (χ1v) is 5.82. The molecule has 0 spiro atoms. The Hall–Kier alpha value is -1.76. The smallest absolute Gasteiger partial charge is 0.317 e. The number of alkyl halides is 2. The summed E-state index contributed by atoms with van der Waals surface area (Å²) in [7, 11) is 1.45. The van der Waals surface area contributed by atoms with Crippen LogP contribution in [0.15, 0.2) is 24.5 Å². The van der Waals surface area contributed by atoms with Gasteiger partial charge < -0.3 is 15.0 Å². The molecule has 0 radical (unpaired) electrons. The second kappa shape index (κ2) is 8.36. The number of nitrogens with zero attached hydrogens (tertiary/aromatic N) is 2. The summed E-state index contributed by atoms with van der Waals surface area (Å²) in [6.07, 6.45) is 0.654. The summed E-state index contributed by atoms with van der Waals surface area (Å²) in [5.74, 6) is 0. The van der Waals surface area contributed by atoms with Crippen molar-refractivity contribution >= 4 is 6.03 Å². The molecule has 1 rings (SSSR count). The van der Waals surface area contributed by atoms with Gasteiger partial charge in [0.2, 0.25) is 0 Å². The topological polar surface area (TPSA) is 54.5 Å². The molecule has 2 amide bonds. The van der Waals surface area contributed by atoms with Crippen LogP contribution >= 0.6 is 0 Å². The standard InChI is InChI=1S/C12H17F2N3O2/c1-19-6-5-17(9-11(13)14)12(18)16-8-10-3-2-4-15-7-10/h2-4,7,11H,5-6,8-9H2,1H3,(H,16,18). The lowest BCUT2D eigenvalue weighted by Crippen LogP contribution is -2.43. The van der Waals surface area contributed by atoms with Crippen molar-refractivity contribution in [2.24, 2.45) is 0 Å². The first-order chi connectivity index (χ1) is 9.13. The third-order valence-corrected chi connectivity index (χ3v) is 2.38. The third-order valence-electron chi connectivity index (χ3n) is 2.38. The Kier molecular flexibility index (Phi) is 6.73. The van der Waals surface area contributed by atoms with E-state index in [1.54, 1.807) is 24.5 Å². The van der Waals surface area contributed by atoms with Gasteiger partial charge in [0, 0.05) is 32.6 Å². The highest BCUT2D eigenvalue weighted by atomic mass is 19.3. The average Bonchev–Trinajstić information content (AvgIpc) is 2.41. The molecule has 0 bridgehead atoms. The van der Waals surface area contributed by atoms with Gasteiger partial charge in [-0.05, 0) is 11.6 Å². The van der Waals surface area contributed by atoms with Crippen molar-refractivity contribution in [1.82, 2.24) is 15.2 Å². The van der Waals surface area contributed by atoms with Gasteiger partial charge in [-0.25, -0.2) is 13.6 Å². The fourth-order valence-corrected chi connectivity index (χ4v) is 1.44. The van der Waals surface area contributed by atoms with Crippen molar-refractivity contribution in [2.75, 3.05) is 26.8 Å². The van der Waals surface area contributed by atoms with Crippen molar-refractivity contribution < 1.29 is 18.3 Å². The molecular formula is C12H17F2N3O2. The Bertz CT molecular complexity index is 376. The molecule has 0 atom stereocenters. The summed E-state index contributed by atoms with van der Waals surface area (Å²) in [5, 5.41) is 2.57. The minimum absolute atomic E-state index is 0.125. The van der Waals surface area contributed by atoms with E-state index in [0.29, 0.717) is 0 Å². The number of amides is 2. The highest BCUT2D eigenvalue weighted by Gasteiger charge is 2.17. The Balaban J connectivity index is 2.46. The summed E-state index contributed by atoms with van der Waals surface area (Å²) >= 11 is 0. The van der Waals surface area contributed by atoms with Crippen molar-refractivity contribution in [1.29, 1.82) is 0 Å². The number of rotatable bonds is 7. The first-order valence-electron chi connectivity index (χ1n) is 5.82. The number of halogens is 2. The number of hydrogen-bond donors (Lipinski definition) is 1. The molecule has 5 nitrogen and oxygen atoms in total. The van der Waals surface area contributed by atoms with Crippen molar-refractivity contribution in [2.45, 2.75) is 13.0 Å². The molecule has 1 N–H and O–H groups in total. The van der Waals surface area contributed by atoms with Crippen LogP contribution in [0.1, 0.15) is 5.56 Å². The van der Waals surface area contributed by atoms with Crippen LogP contribution in [0, 0.1) is 0 Å². The van der Waals surface area contributed by atoms with Crippen LogP contribution in [-0.4, -0.2) is 49.1 Å². The number of carbonyl (C=O) groups is 1. The zero-order valence-corrected chi connectivity index (χ0v) is 10.7. The molecule has 0 aliphatic carbocycles. The van der Waals surface area contributed by atoms with E-state index in [0.717, 1.165) is 10.5 Å². The lowest BCUT2D eigenvalue weighted by atomic mass is 10.3. The van der Waals surface area contributed by atoms with Gasteiger partial charge in [-0.3, -0.25) is 4.98 Å². The van der Waals surface area contributed by atoms with Crippen LogP contribution in [0.3, 0.4) is 0 Å². The molecule has 0 saturated heterocycles. The van der Waals surface area contributed by atoms with E-state index in [9.17, 15) is 13.6 Å². The predicted molar refractivity (Wildman–Crippen MR) is 65.9 cm³/mol. The molecule has 1 heterocycles. The molecule has 0 fully saturated rings. The van der Waals surface area contributed by atoms with Gasteiger partial charge in [-0.2, -0.15) is 0 Å². The molecule has 0 aliphatic heterocycles. The molecule has 106 valence electrons. The predicted octanol–water partition coefficient (Wildman–Crippen LogP) is 1.50. The zero-order chi connectivity index (χ0) is 14.1. The number of ether oxygens (including phenoxy) is 1. The number of urea groups is 1.